The molecule has 0 saturated heterocycles. The van der Waals surface area contributed by atoms with E-state index in [4.69, 9.17) is 0 Å². The minimum Gasteiger partial charge on any atom is -0.292 e. The lowest BCUT2D eigenvalue weighted by Gasteiger charge is -2.10. The highest BCUT2D eigenvalue weighted by molar-refractivity contribution is 5.57. The van der Waals surface area contributed by atoms with Crippen molar-refractivity contribution in [3.8, 4) is 0 Å². The first-order chi connectivity index (χ1) is 5.56. The summed E-state index contributed by atoms with van der Waals surface area (Å²) in [5.41, 5.74) is 0.0917. The van der Waals surface area contributed by atoms with Crippen LogP contribution in [0.2, 0.25) is 0 Å². The maximum Gasteiger partial charge on any atom is 0.0520 e. The normalized spacial score (nSPS) is 13.3. The first-order valence-electron chi connectivity index (χ1n) is 4.75. The molecule has 1 nitrogen and oxygen atoms in total. The molecule has 0 amide bonds. The fourth-order valence-electron chi connectivity index (χ4n) is 0.794. The SMILES string of the molecule is CC/C=C/CC/C=N/C(C)(C)C. The summed E-state index contributed by atoms with van der Waals surface area (Å²) in [6.45, 7) is 8.50. The summed E-state index contributed by atoms with van der Waals surface area (Å²) < 4.78 is 0. The van der Waals surface area contributed by atoms with Gasteiger partial charge in [-0.25, -0.2) is 0 Å². The van der Waals surface area contributed by atoms with Crippen molar-refractivity contribution >= 4 is 6.21 Å². The van der Waals surface area contributed by atoms with Crippen molar-refractivity contribution in [2.75, 3.05) is 0 Å². The van der Waals surface area contributed by atoms with Crippen LogP contribution in [0.4, 0.5) is 0 Å². The Morgan fingerprint density at radius 3 is 2.25 bits per heavy atom. The molecule has 0 spiro atoms. The van der Waals surface area contributed by atoms with E-state index in [-0.39, 0.29) is 5.54 Å². The van der Waals surface area contributed by atoms with E-state index < -0.39 is 0 Å². The van der Waals surface area contributed by atoms with Crippen molar-refractivity contribution in [2.24, 2.45) is 4.99 Å². The zero-order chi connectivity index (χ0) is 9.45. The second-order valence-electron chi connectivity index (χ2n) is 3.94. The summed E-state index contributed by atoms with van der Waals surface area (Å²) in [5, 5.41) is 0. The number of allylic oxidation sites excluding steroid dienone is 2. The molecule has 0 aliphatic carbocycles. The quantitative estimate of drug-likeness (QED) is 0.344. The summed E-state index contributed by atoms with van der Waals surface area (Å²) in [6, 6.07) is 0. The molecule has 0 unspecified atom stereocenters. The first-order valence-corrected chi connectivity index (χ1v) is 4.75. The van der Waals surface area contributed by atoms with E-state index in [9.17, 15) is 0 Å². The lowest BCUT2D eigenvalue weighted by Crippen LogP contribution is -2.09. The summed E-state index contributed by atoms with van der Waals surface area (Å²) in [6.07, 6.45) is 9.76. The lowest BCUT2D eigenvalue weighted by atomic mass is 10.1. The second-order valence-corrected chi connectivity index (χ2v) is 3.94. The predicted octanol–water partition coefficient (Wildman–Crippen LogP) is 3.60. The van der Waals surface area contributed by atoms with Gasteiger partial charge in [0.2, 0.25) is 0 Å². The average Bonchev–Trinajstić information content (AvgIpc) is 1.94. The van der Waals surface area contributed by atoms with Crippen molar-refractivity contribution in [3.63, 3.8) is 0 Å². The highest BCUT2D eigenvalue weighted by atomic mass is 14.8. The minimum absolute atomic E-state index is 0.0917. The van der Waals surface area contributed by atoms with E-state index in [2.05, 4.69) is 44.8 Å². The van der Waals surface area contributed by atoms with Crippen molar-refractivity contribution < 1.29 is 0 Å². The Bertz CT molecular complexity index is 149. The van der Waals surface area contributed by atoms with Crippen LogP contribution in [-0.4, -0.2) is 11.8 Å². The molecule has 0 N–H and O–H groups in total. The standard InChI is InChI=1S/C11H21N/c1-5-6-7-8-9-10-12-11(2,3)4/h6-7,10H,5,8-9H2,1-4H3/b7-6+,12-10+. The van der Waals surface area contributed by atoms with E-state index in [0.29, 0.717) is 0 Å². The third-order valence-corrected chi connectivity index (χ3v) is 1.34. The van der Waals surface area contributed by atoms with Crippen LogP contribution < -0.4 is 0 Å². The zero-order valence-electron chi connectivity index (χ0n) is 8.80. The molecule has 0 aromatic heterocycles. The maximum absolute atomic E-state index is 4.40. The molecule has 70 valence electrons. The van der Waals surface area contributed by atoms with Crippen molar-refractivity contribution in [2.45, 2.75) is 52.5 Å². The van der Waals surface area contributed by atoms with Gasteiger partial charge < -0.3 is 0 Å². The van der Waals surface area contributed by atoms with E-state index in [1.807, 2.05) is 6.21 Å². The third kappa shape index (κ3) is 9.41. The molecule has 0 atom stereocenters. The number of nitrogens with zero attached hydrogens (tertiary/aromatic N) is 1. The summed E-state index contributed by atoms with van der Waals surface area (Å²) in [4.78, 5) is 4.40. The Hall–Kier alpha value is -0.590. The van der Waals surface area contributed by atoms with Gasteiger partial charge in [0.15, 0.2) is 0 Å². The average molecular weight is 167 g/mol. The van der Waals surface area contributed by atoms with Gasteiger partial charge in [0.05, 0.1) is 5.54 Å². The summed E-state index contributed by atoms with van der Waals surface area (Å²) >= 11 is 0. The fourth-order valence-corrected chi connectivity index (χ4v) is 0.794. The van der Waals surface area contributed by atoms with E-state index in [0.717, 1.165) is 19.3 Å². The summed E-state index contributed by atoms with van der Waals surface area (Å²) in [5.74, 6) is 0. The molecule has 0 aromatic rings. The molecular weight excluding hydrogens is 146 g/mol. The van der Waals surface area contributed by atoms with E-state index in [1.165, 1.54) is 0 Å². The van der Waals surface area contributed by atoms with Gasteiger partial charge in [-0.3, -0.25) is 4.99 Å². The molecule has 0 heterocycles. The molecule has 0 rings (SSSR count). The molecule has 0 aliphatic heterocycles. The van der Waals surface area contributed by atoms with Crippen molar-refractivity contribution in [1.29, 1.82) is 0 Å². The molecule has 0 radical (unpaired) electrons. The molecule has 0 saturated carbocycles. The molecular formula is C11H21N. The monoisotopic (exact) mass is 167 g/mol. The Morgan fingerprint density at radius 2 is 1.75 bits per heavy atom. The molecule has 12 heavy (non-hydrogen) atoms. The van der Waals surface area contributed by atoms with Crippen LogP contribution in [0.1, 0.15) is 47.0 Å². The van der Waals surface area contributed by atoms with Gasteiger partial charge in [-0.1, -0.05) is 19.1 Å². The van der Waals surface area contributed by atoms with Gasteiger partial charge in [0.25, 0.3) is 0 Å². The second kappa shape index (κ2) is 5.99. The smallest absolute Gasteiger partial charge is 0.0520 e. The Kier molecular flexibility index (Phi) is 5.69. The number of hydrogen-bond donors (Lipinski definition) is 0. The summed E-state index contributed by atoms with van der Waals surface area (Å²) in [7, 11) is 0. The van der Waals surface area contributed by atoms with Crippen LogP contribution in [0.5, 0.6) is 0 Å². The Balaban J connectivity index is 3.43. The van der Waals surface area contributed by atoms with Gasteiger partial charge in [-0.15, -0.1) is 0 Å². The van der Waals surface area contributed by atoms with Gasteiger partial charge in [0, 0.05) is 0 Å². The molecule has 1 heteroatoms. The van der Waals surface area contributed by atoms with Crippen LogP contribution in [0, 0.1) is 0 Å². The van der Waals surface area contributed by atoms with Gasteiger partial charge in [-0.05, 0) is 46.2 Å². The third-order valence-electron chi connectivity index (χ3n) is 1.34. The first kappa shape index (κ1) is 11.4. The van der Waals surface area contributed by atoms with Crippen LogP contribution in [-0.2, 0) is 0 Å². The highest BCUT2D eigenvalue weighted by Crippen LogP contribution is 2.05. The van der Waals surface area contributed by atoms with Gasteiger partial charge in [0.1, 0.15) is 0 Å². The molecule has 0 aromatic carbocycles. The number of aliphatic imine (C=N–C) groups is 1. The van der Waals surface area contributed by atoms with Crippen LogP contribution >= 0.6 is 0 Å². The molecule has 0 bridgehead atoms. The molecule has 0 fully saturated rings. The zero-order valence-corrected chi connectivity index (χ0v) is 8.80. The fraction of sp³-hybridized carbons (Fsp3) is 0.727. The van der Waals surface area contributed by atoms with Crippen LogP contribution in [0.25, 0.3) is 0 Å². The largest absolute Gasteiger partial charge is 0.292 e. The Morgan fingerprint density at radius 1 is 1.08 bits per heavy atom. The topological polar surface area (TPSA) is 12.4 Å². The maximum atomic E-state index is 4.40. The number of rotatable bonds is 4. The van der Waals surface area contributed by atoms with E-state index in [1.54, 1.807) is 0 Å². The van der Waals surface area contributed by atoms with Crippen molar-refractivity contribution in [1.82, 2.24) is 0 Å². The van der Waals surface area contributed by atoms with Crippen molar-refractivity contribution in [3.05, 3.63) is 12.2 Å². The van der Waals surface area contributed by atoms with E-state index >= 15 is 0 Å². The number of unbranched alkanes of at least 4 members (excludes halogenated alkanes) is 1. The minimum atomic E-state index is 0.0917. The predicted molar refractivity (Wildman–Crippen MR) is 56.9 cm³/mol. The van der Waals surface area contributed by atoms with Gasteiger partial charge >= 0.3 is 0 Å². The van der Waals surface area contributed by atoms with Gasteiger partial charge in [-0.2, -0.15) is 0 Å². The lowest BCUT2D eigenvalue weighted by molar-refractivity contribution is 0.585. The molecule has 0 aliphatic rings. The number of hydrogen-bond acceptors (Lipinski definition) is 1. The van der Waals surface area contributed by atoms with Crippen LogP contribution in [0.3, 0.4) is 0 Å². The van der Waals surface area contributed by atoms with Crippen LogP contribution in [0.15, 0.2) is 17.1 Å². The Labute approximate surface area is 76.6 Å². The highest BCUT2D eigenvalue weighted by Gasteiger charge is 2.03.